The molecule has 1 aromatic heterocycles. The number of rotatable bonds is 9. The lowest BCUT2D eigenvalue weighted by molar-refractivity contribution is -0.143. The van der Waals surface area contributed by atoms with Crippen molar-refractivity contribution in [1.29, 1.82) is 0 Å². The minimum Gasteiger partial charge on any atom is -0.466 e. The first kappa shape index (κ1) is 21.6. The number of hydrogen-bond donors (Lipinski definition) is 0. The molecule has 0 unspecified atom stereocenters. The molecule has 6 heteroatoms. The Hall–Kier alpha value is -2.14. The Bertz CT molecular complexity index is 824. The van der Waals surface area contributed by atoms with Gasteiger partial charge in [0.2, 0.25) is 0 Å². The minimum absolute atomic E-state index is 0.0910. The van der Waals surface area contributed by atoms with Gasteiger partial charge in [-0.15, -0.1) is 0 Å². The van der Waals surface area contributed by atoms with E-state index in [0.29, 0.717) is 18.2 Å². The molecule has 0 fully saturated rings. The van der Waals surface area contributed by atoms with Crippen molar-refractivity contribution in [2.24, 2.45) is 0 Å². The van der Waals surface area contributed by atoms with Gasteiger partial charge in [0.1, 0.15) is 5.69 Å². The molecule has 0 saturated heterocycles. The van der Waals surface area contributed by atoms with Crippen LogP contribution in [-0.2, 0) is 16.0 Å². The summed E-state index contributed by atoms with van der Waals surface area (Å²) < 4.78 is 4.97. The number of carbonyl (C=O) groups is 1. The van der Waals surface area contributed by atoms with Gasteiger partial charge in [-0.25, -0.2) is 9.97 Å². The van der Waals surface area contributed by atoms with Crippen molar-refractivity contribution in [3.63, 3.8) is 0 Å². The van der Waals surface area contributed by atoms with Crippen molar-refractivity contribution in [2.45, 2.75) is 58.8 Å². The number of aromatic nitrogens is 2. The maximum Gasteiger partial charge on any atom is 0.305 e. The largest absolute Gasteiger partial charge is 0.466 e. The summed E-state index contributed by atoms with van der Waals surface area (Å²) in [5.74, 6) is 0.843. The van der Waals surface area contributed by atoms with Gasteiger partial charge in [-0.05, 0) is 39.5 Å². The molecule has 0 N–H and O–H groups in total. The van der Waals surface area contributed by atoms with E-state index in [1.165, 1.54) is 5.56 Å². The molecule has 0 bridgehead atoms. The number of benzene rings is 1. The molecule has 0 saturated carbocycles. The molecular weight excluding hydrogens is 386 g/mol. The van der Waals surface area contributed by atoms with E-state index in [1.54, 1.807) is 0 Å². The van der Waals surface area contributed by atoms with Crippen LogP contribution in [0.4, 0.5) is 5.82 Å². The topological polar surface area (TPSA) is 55.3 Å². The van der Waals surface area contributed by atoms with Crippen LogP contribution in [0.2, 0.25) is 5.15 Å². The highest BCUT2D eigenvalue weighted by Gasteiger charge is 2.22. The number of carbonyl (C=O) groups excluding carboxylic acids is 1. The molecule has 1 aliphatic rings. The van der Waals surface area contributed by atoms with Gasteiger partial charge < -0.3 is 9.64 Å². The van der Waals surface area contributed by atoms with E-state index in [1.807, 2.05) is 6.92 Å². The first-order valence-corrected chi connectivity index (χ1v) is 11.0. The number of halogens is 1. The molecule has 156 valence electrons. The normalized spacial score (nSPS) is 13.3. The second-order valence-corrected chi connectivity index (χ2v) is 7.92. The van der Waals surface area contributed by atoms with Crippen molar-refractivity contribution < 1.29 is 9.53 Å². The lowest BCUT2D eigenvalue weighted by Crippen LogP contribution is -2.32. The van der Waals surface area contributed by atoms with Gasteiger partial charge in [0, 0.05) is 25.1 Å². The van der Waals surface area contributed by atoms with Gasteiger partial charge in [0.15, 0.2) is 11.0 Å². The van der Waals surface area contributed by atoms with Crippen molar-refractivity contribution in [3.05, 3.63) is 40.7 Å². The Morgan fingerprint density at radius 1 is 1.14 bits per heavy atom. The van der Waals surface area contributed by atoms with Gasteiger partial charge in [-0.1, -0.05) is 54.3 Å². The summed E-state index contributed by atoms with van der Waals surface area (Å²) in [7, 11) is 0. The molecule has 1 aliphatic heterocycles. The van der Waals surface area contributed by atoms with Crippen molar-refractivity contribution in [2.75, 3.05) is 24.6 Å². The zero-order valence-corrected chi connectivity index (χ0v) is 18.2. The second-order valence-electron chi connectivity index (χ2n) is 7.56. The molecule has 0 amide bonds. The van der Waals surface area contributed by atoms with Crippen molar-refractivity contribution in [3.8, 4) is 11.3 Å². The Morgan fingerprint density at radius 2 is 1.90 bits per heavy atom. The third kappa shape index (κ3) is 5.92. The number of nitrogens with zero attached hydrogens (tertiary/aromatic N) is 3. The van der Waals surface area contributed by atoms with Crippen LogP contribution in [0.3, 0.4) is 0 Å². The van der Waals surface area contributed by atoms with Crippen molar-refractivity contribution in [1.82, 2.24) is 9.97 Å². The van der Waals surface area contributed by atoms with Crippen LogP contribution >= 0.6 is 11.6 Å². The van der Waals surface area contributed by atoms with E-state index in [-0.39, 0.29) is 5.97 Å². The lowest BCUT2D eigenvalue weighted by Gasteiger charge is -2.30. The second kappa shape index (κ2) is 10.6. The molecule has 2 heterocycles. The predicted octanol–water partition coefficient (Wildman–Crippen LogP) is 5.37. The van der Waals surface area contributed by atoms with E-state index >= 15 is 0 Å². The highest BCUT2D eigenvalue weighted by molar-refractivity contribution is 6.31. The molecule has 0 spiro atoms. The fraction of sp³-hybridized carbons (Fsp3) is 0.522. The Balaban J connectivity index is 1.57. The van der Waals surface area contributed by atoms with Crippen LogP contribution in [0.25, 0.3) is 11.3 Å². The molecule has 2 aromatic rings. The predicted molar refractivity (Wildman–Crippen MR) is 117 cm³/mol. The lowest BCUT2D eigenvalue weighted by atomic mass is 10.1. The summed E-state index contributed by atoms with van der Waals surface area (Å²) >= 11 is 6.51. The maximum atomic E-state index is 11.4. The molecule has 5 nitrogen and oxygen atoms in total. The summed E-state index contributed by atoms with van der Waals surface area (Å²) in [5.41, 5.74) is 4.03. The van der Waals surface area contributed by atoms with Crippen molar-refractivity contribution >= 4 is 23.4 Å². The zero-order chi connectivity index (χ0) is 20.6. The standard InChI is InChI=1S/C23H30ClN3O2/c1-3-29-20(28)10-6-4-5-7-15-27-16-8-9-19-23(27)26-22(24)21(25-19)18-13-11-17(2)12-14-18/h11-14H,3-10,15-16H2,1-2H3. The number of hydrogen-bond acceptors (Lipinski definition) is 5. The molecule has 29 heavy (non-hydrogen) atoms. The van der Waals surface area contributed by atoms with Gasteiger partial charge >= 0.3 is 5.97 Å². The number of ether oxygens (including phenoxy) is 1. The summed E-state index contributed by atoms with van der Waals surface area (Å²) in [4.78, 5) is 23.3. The molecule has 0 radical (unpaired) electrons. The summed E-state index contributed by atoms with van der Waals surface area (Å²) in [6, 6.07) is 8.24. The Labute approximate surface area is 178 Å². The fourth-order valence-electron chi connectivity index (χ4n) is 3.68. The molecule has 0 atom stereocenters. The SMILES string of the molecule is CCOC(=O)CCCCCCN1CCCc2nc(-c3ccc(C)cc3)c(Cl)nc21. The fourth-order valence-corrected chi connectivity index (χ4v) is 3.91. The first-order chi connectivity index (χ1) is 14.1. The van der Waals surface area contributed by atoms with Crippen LogP contribution < -0.4 is 4.90 Å². The molecular formula is C23H30ClN3O2. The first-order valence-electron chi connectivity index (χ1n) is 10.6. The smallest absolute Gasteiger partial charge is 0.305 e. The van der Waals surface area contributed by atoms with Crippen LogP contribution in [0.5, 0.6) is 0 Å². The van der Waals surface area contributed by atoms with Gasteiger partial charge in [0.25, 0.3) is 0 Å². The third-order valence-electron chi connectivity index (χ3n) is 5.23. The Kier molecular flexibility index (Phi) is 7.87. The quantitative estimate of drug-likeness (QED) is 0.407. The highest BCUT2D eigenvalue weighted by Crippen LogP contribution is 2.32. The third-order valence-corrected chi connectivity index (χ3v) is 5.50. The van der Waals surface area contributed by atoms with E-state index in [0.717, 1.165) is 74.4 Å². The van der Waals surface area contributed by atoms with Gasteiger partial charge in [-0.3, -0.25) is 4.79 Å². The van der Waals surface area contributed by atoms with Crippen LogP contribution in [-0.4, -0.2) is 35.6 Å². The van der Waals surface area contributed by atoms with E-state index in [2.05, 4.69) is 36.1 Å². The van der Waals surface area contributed by atoms with E-state index < -0.39 is 0 Å². The van der Waals surface area contributed by atoms with E-state index in [4.69, 9.17) is 26.3 Å². The minimum atomic E-state index is -0.0910. The van der Waals surface area contributed by atoms with E-state index in [9.17, 15) is 4.79 Å². The summed E-state index contributed by atoms with van der Waals surface area (Å²) in [6.07, 6.45) is 6.63. The number of aryl methyl sites for hydroxylation is 2. The zero-order valence-electron chi connectivity index (χ0n) is 17.4. The summed E-state index contributed by atoms with van der Waals surface area (Å²) in [5, 5.41) is 0.467. The number of unbranched alkanes of at least 4 members (excludes halogenated alkanes) is 3. The maximum absolute atomic E-state index is 11.4. The molecule has 3 rings (SSSR count). The molecule has 0 aliphatic carbocycles. The number of anilines is 1. The average Bonchev–Trinajstić information content (AvgIpc) is 2.71. The van der Waals surface area contributed by atoms with Gasteiger partial charge in [0.05, 0.1) is 12.3 Å². The highest BCUT2D eigenvalue weighted by atomic mass is 35.5. The number of esters is 1. The molecule has 1 aromatic carbocycles. The van der Waals surface area contributed by atoms with Crippen LogP contribution in [0.15, 0.2) is 24.3 Å². The monoisotopic (exact) mass is 415 g/mol. The van der Waals surface area contributed by atoms with Gasteiger partial charge in [-0.2, -0.15) is 0 Å². The number of fused-ring (bicyclic) bond motifs is 1. The van der Waals surface area contributed by atoms with Crippen LogP contribution in [0.1, 0.15) is 56.7 Å². The summed E-state index contributed by atoms with van der Waals surface area (Å²) in [6.45, 7) is 6.31. The Morgan fingerprint density at radius 3 is 2.66 bits per heavy atom. The average molecular weight is 416 g/mol. The van der Waals surface area contributed by atoms with Crippen LogP contribution in [0, 0.1) is 6.92 Å².